The van der Waals surface area contributed by atoms with Crippen LogP contribution in [-0.4, -0.2) is 60.0 Å². The standard InChI is InChI=1S/C20H28N2O5/c1-13(23)11-22-16-9-14-5-7-21(19(25)27-20(2,3)4)8-6-15(14)10-17(16)26-12-18(22)24/h9-10,13,23H,5-8,11-12H2,1-4H3/t13-/m0/s1. The van der Waals surface area contributed by atoms with E-state index in [9.17, 15) is 14.7 Å². The van der Waals surface area contributed by atoms with E-state index in [0.29, 0.717) is 37.4 Å². The summed E-state index contributed by atoms with van der Waals surface area (Å²) in [4.78, 5) is 27.9. The molecule has 0 saturated carbocycles. The van der Waals surface area contributed by atoms with Gasteiger partial charge in [0.25, 0.3) is 5.91 Å². The minimum Gasteiger partial charge on any atom is -0.482 e. The van der Waals surface area contributed by atoms with E-state index in [-0.39, 0.29) is 25.2 Å². The highest BCUT2D eigenvalue weighted by Crippen LogP contribution is 2.36. The molecule has 1 aromatic carbocycles. The molecule has 0 aromatic heterocycles. The Labute approximate surface area is 159 Å². The topological polar surface area (TPSA) is 79.3 Å². The van der Waals surface area contributed by atoms with Gasteiger partial charge in [-0.15, -0.1) is 0 Å². The maximum Gasteiger partial charge on any atom is 0.410 e. The van der Waals surface area contributed by atoms with Crippen LogP contribution in [0, 0.1) is 0 Å². The van der Waals surface area contributed by atoms with Crippen molar-refractivity contribution in [2.45, 2.75) is 52.2 Å². The second-order valence-corrected chi connectivity index (χ2v) is 8.20. The molecule has 7 heteroatoms. The van der Waals surface area contributed by atoms with Crippen molar-refractivity contribution in [2.24, 2.45) is 0 Å². The Morgan fingerprint density at radius 1 is 1.26 bits per heavy atom. The zero-order chi connectivity index (χ0) is 19.8. The summed E-state index contributed by atoms with van der Waals surface area (Å²) >= 11 is 0. The summed E-state index contributed by atoms with van der Waals surface area (Å²) in [5.41, 5.74) is 2.38. The smallest absolute Gasteiger partial charge is 0.410 e. The lowest BCUT2D eigenvalue weighted by molar-refractivity contribution is -0.121. The lowest BCUT2D eigenvalue weighted by atomic mass is 10.0. The van der Waals surface area contributed by atoms with E-state index in [1.807, 2.05) is 32.9 Å². The summed E-state index contributed by atoms with van der Waals surface area (Å²) in [5, 5.41) is 9.73. The Hall–Kier alpha value is -2.28. The molecule has 0 bridgehead atoms. The Morgan fingerprint density at radius 2 is 1.89 bits per heavy atom. The zero-order valence-corrected chi connectivity index (χ0v) is 16.4. The summed E-state index contributed by atoms with van der Waals surface area (Å²) in [6.45, 7) is 8.58. The Kier molecular flexibility index (Phi) is 5.33. The maximum absolute atomic E-state index is 12.4. The molecule has 0 unspecified atom stereocenters. The molecule has 27 heavy (non-hydrogen) atoms. The fraction of sp³-hybridized carbons (Fsp3) is 0.600. The van der Waals surface area contributed by atoms with Gasteiger partial charge in [-0.25, -0.2) is 4.79 Å². The predicted molar refractivity (Wildman–Crippen MR) is 101 cm³/mol. The molecule has 0 radical (unpaired) electrons. The van der Waals surface area contributed by atoms with Crippen LogP contribution < -0.4 is 9.64 Å². The van der Waals surface area contributed by atoms with E-state index >= 15 is 0 Å². The average molecular weight is 376 g/mol. The minimum absolute atomic E-state index is 0.0253. The van der Waals surface area contributed by atoms with Crippen molar-refractivity contribution in [3.05, 3.63) is 23.3 Å². The van der Waals surface area contributed by atoms with Crippen molar-refractivity contribution in [1.82, 2.24) is 4.90 Å². The van der Waals surface area contributed by atoms with Crippen molar-refractivity contribution in [2.75, 3.05) is 31.1 Å². The Bertz CT molecular complexity index is 739. The van der Waals surface area contributed by atoms with Gasteiger partial charge in [-0.2, -0.15) is 0 Å². The molecular formula is C20H28N2O5. The van der Waals surface area contributed by atoms with Crippen LogP contribution in [0.3, 0.4) is 0 Å². The van der Waals surface area contributed by atoms with E-state index in [0.717, 1.165) is 11.1 Å². The van der Waals surface area contributed by atoms with Crippen LogP contribution in [-0.2, 0) is 22.4 Å². The quantitative estimate of drug-likeness (QED) is 0.855. The van der Waals surface area contributed by atoms with Crippen molar-refractivity contribution >= 4 is 17.7 Å². The molecule has 2 aliphatic rings. The zero-order valence-electron chi connectivity index (χ0n) is 16.4. The van der Waals surface area contributed by atoms with E-state index in [1.54, 1.807) is 16.7 Å². The molecule has 1 N–H and O–H groups in total. The highest BCUT2D eigenvalue weighted by atomic mass is 16.6. The highest BCUT2D eigenvalue weighted by Gasteiger charge is 2.30. The Balaban J connectivity index is 1.81. The number of rotatable bonds is 2. The number of carbonyl (C=O) groups is 2. The number of β-amino-alcohol motifs (C(OH)–C–C–N with tert-alkyl or cyclic N) is 1. The number of aliphatic hydroxyl groups excluding tert-OH is 1. The number of amides is 2. The van der Waals surface area contributed by atoms with Gasteiger partial charge in [0, 0.05) is 13.1 Å². The average Bonchev–Trinajstić information content (AvgIpc) is 2.76. The fourth-order valence-corrected chi connectivity index (χ4v) is 3.39. The van der Waals surface area contributed by atoms with Crippen molar-refractivity contribution in [3.8, 4) is 5.75 Å². The molecule has 0 aliphatic carbocycles. The SMILES string of the molecule is C[C@H](O)CN1C(=O)COc2cc3c(cc21)CCN(C(=O)OC(C)(C)C)CC3. The fourth-order valence-electron chi connectivity index (χ4n) is 3.39. The molecule has 1 atom stereocenters. The Morgan fingerprint density at radius 3 is 2.48 bits per heavy atom. The first-order valence-corrected chi connectivity index (χ1v) is 9.39. The molecule has 0 fully saturated rings. The van der Waals surface area contributed by atoms with Crippen LogP contribution in [0.25, 0.3) is 0 Å². The third-order valence-corrected chi connectivity index (χ3v) is 4.62. The van der Waals surface area contributed by atoms with Crippen molar-refractivity contribution in [1.29, 1.82) is 0 Å². The van der Waals surface area contributed by atoms with E-state index in [2.05, 4.69) is 0 Å². The van der Waals surface area contributed by atoms with Crippen LogP contribution in [0.1, 0.15) is 38.8 Å². The van der Waals surface area contributed by atoms with Crippen molar-refractivity contribution < 1.29 is 24.2 Å². The third kappa shape index (κ3) is 4.53. The normalized spacial score (nSPS) is 18.2. The molecule has 0 spiro atoms. The summed E-state index contributed by atoms with van der Waals surface area (Å²) in [5.74, 6) is 0.493. The molecule has 0 saturated heterocycles. The van der Waals surface area contributed by atoms with Crippen LogP contribution in [0.4, 0.5) is 10.5 Å². The highest BCUT2D eigenvalue weighted by molar-refractivity contribution is 5.98. The van der Waals surface area contributed by atoms with E-state index in [1.165, 1.54) is 0 Å². The molecule has 2 heterocycles. The molecule has 1 aromatic rings. The number of ether oxygens (including phenoxy) is 2. The van der Waals surface area contributed by atoms with Crippen molar-refractivity contribution in [3.63, 3.8) is 0 Å². The molecule has 2 aliphatic heterocycles. The van der Waals surface area contributed by atoms with Gasteiger partial charge in [0.2, 0.25) is 0 Å². The van der Waals surface area contributed by atoms with Crippen LogP contribution in [0.5, 0.6) is 5.75 Å². The largest absolute Gasteiger partial charge is 0.482 e. The molecule has 7 nitrogen and oxygen atoms in total. The van der Waals surface area contributed by atoms with Crippen LogP contribution in [0.2, 0.25) is 0 Å². The third-order valence-electron chi connectivity index (χ3n) is 4.62. The van der Waals surface area contributed by atoms with Crippen LogP contribution in [0.15, 0.2) is 12.1 Å². The first-order chi connectivity index (χ1) is 12.6. The first-order valence-electron chi connectivity index (χ1n) is 9.39. The van der Waals surface area contributed by atoms with Gasteiger partial charge >= 0.3 is 6.09 Å². The number of fused-ring (bicyclic) bond motifs is 2. The summed E-state index contributed by atoms with van der Waals surface area (Å²) < 4.78 is 11.1. The van der Waals surface area contributed by atoms with Gasteiger partial charge in [0.05, 0.1) is 18.3 Å². The number of anilines is 1. The molecule has 2 amide bonds. The van der Waals surface area contributed by atoms with E-state index < -0.39 is 11.7 Å². The van der Waals surface area contributed by atoms with Gasteiger partial charge in [0.15, 0.2) is 6.61 Å². The maximum atomic E-state index is 12.4. The molecule has 148 valence electrons. The monoisotopic (exact) mass is 376 g/mol. The molecular weight excluding hydrogens is 348 g/mol. The summed E-state index contributed by atoms with van der Waals surface area (Å²) in [7, 11) is 0. The predicted octanol–water partition coefficient (Wildman–Crippen LogP) is 2.13. The minimum atomic E-state index is -0.624. The first kappa shape index (κ1) is 19.5. The van der Waals surface area contributed by atoms with Gasteiger partial charge in [-0.05, 0) is 63.8 Å². The number of nitrogens with zero attached hydrogens (tertiary/aromatic N) is 2. The van der Waals surface area contributed by atoms with Crippen LogP contribution >= 0.6 is 0 Å². The molecule has 3 rings (SSSR count). The van der Waals surface area contributed by atoms with Gasteiger partial charge in [0.1, 0.15) is 11.4 Å². The lowest BCUT2D eigenvalue weighted by Gasteiger charge is -2.31. The lowest BCUT2D eigenvalue weighted by Crippen LogP contribution is -2.42. The van der Waals surface area contributed by atoms with E-state index in [4.69, 9.17) is 9.47 Å². The second-order valence-electron chi connectivity index (χ2n) is 8.20. The number of carbonyl (C=O) groups excluding carboxylic acids is 2. The van der Waals surface area contributed by atoms with Gasteiger partial charge in [-0.3, -0.25) is 4.79 Å². The summed E-state index contributed by atoms with van der Waals surface area (Å²) in [6, 6.07) is 3.92. The number of hydrogen-bond acceptors (Lipinski definition) is 5. The van der Waals surface area contributed by atoms with Gasteiger partial charge < -0.3 is 24.4 Å². The summed E-state index contributed by atoms with van der Waals surface area (Å²) in [6.07, 6.45) is 0.456. The number of aliphatic hydroxyl groups is 1. The van der Waals surface area contributed by atoms with Gasteiger partial charge in [-0.1, -0.05) is 0 Å². The second kappa shape index (κ2) is 7.38. The number of hydrogen-bond donors (Lipinski definition) is 1. The number of benzene rings is 1.